The van der Waals surface area contributed by atoms with Gasteiger partial charge in [-0.3, -0.25) is 15.0 Å². The lowest BCUT2D eigenvalue weighted by Crippen LogP contribution is -2.30. The van der Waals surface area contributed by atoms with E-state index in [0.717, 1.165) is 24.0 Å². The van der Waals surface area contributed by atoms with E-state index < -0.39 is 11.9 Å². The van der Waals surface area contributed by atoms with Crippen LogP contribution in [-0.4, -0.2) is 24.4 Å². The fourth-order valence-electron chi connectivity index (χ4n) is 2.73. The molecule has 7 heteroatoms. The molecule has 0 heterocycles. The first-order chi connectivity index (χ1) is 14.6. The molecule has 0 atom stereocenters. The van der Waals surface area contributed by atoms with Crippen molar-refractivity contribution in [3.05, 3.63) is 77.7 Å². The molecule has 159 valence electrons. The van der Waals surface area contributed by atoms with Gasteiger partial charge in [-0.05, 0) is 24.0 Å². The van der Waals surface area contributed by atoms with E-state index in [9.17, 15) is 9.59 Å². The van der Waals surface area contributed by atoms with Crippen LogP contribution in [0.1, 0.15) is 36.8 Å². The van der Waals surface area contributed by atoms with Crippen LogP contribution >= 0.6 is 0 Å². The normalized spacial score (nSPS) is 10.4. The number of rotatable bonds is 12. The Morgan fingerprint density at radius 2 is 1.30 bits per heavy atom. The monoisotopic (exact) mass is 410 g/mol. The summed E-state index contributed by atoms with van der Waals surface area (Å²) >= 11 is 0. The SMILES string of the molecule is N=C(N)NCCCCC[C](C(=O)OCc1ccccc1)C(=O)OCc1ccccc1. The number of esters is 2. The van der Waals surface area contributed by atoms with Gasteiger partial charge in [0.1, 0.15) is 13.2 Å². The molecular formula is C23H28N3O4. The predicted molar refractivity (Wildman–Crippen MR) is 114 cm³/mol. The van der Waals surface area contributed by atoms with Gasteiger partial charge in [0.25, 0.3) is 0 Å². The van der Waals surface area contributed by atoms with Gasteiger partial charge in [0, 0.05) is 6.54 Å². The van der Waals surface area contributed by atoms with E-state index in [-0.39, 0.29) is 31.5 Å². The number of benzene rings is 2. The lowest BCUT2D eigenvalue weighted by Gasteiger charge is -2.15. The lowest BCUT2D eigenvalue weighted by molar-refractivity contribution is -0.153. The maximum Gasteiger partial charge on any atom is 0.325 e. The lowest BCUT2D eigenvalue weighted by atomic mass is 10.0. The van der Waals surface area contributed by atoms with Crippen molar-refractivity contribution in [2.24, 2.45) is 5.73 Å². The molecule has 0 fully saturated rings. The highest BCUT2D eigenvalue weighted by Gasteiger charge is 2.30. The number of ether oxygens (including phenoxy) is 2. The summed E-state index contributed by atoms with van der Waals surface area (Å²) in [4.78, 5) is 25.1. The minimum atomic E-state index is -0.654. The Balaban J connectivity index is 1.87. The van der Waals surface area contributed by atoms with Crippen LogP contribution in [0, 0.1) is 11.3 Å². The highest BCUT2D eigenvalue weighted by atomic mass is 16.6. The molecule has 0 saturated heterocycles. The molecule has 0 aliphatic carbocycles. The third-order valence-corrected chi connectivity index (χ3v) is 4.34. The summed E-state index contributed by atoms with van der Waals surface area (Å²) in [5, 5.41) is 9.86. The number of carbonyl (C=O) groups excluding carboxylic acids is 2. The maximum absolute atomic E-state index is 12.6. The van der Waals surface area contributed by atoms with E-state index in [1.54, 1.807) is 0 Å². The molecule has 1 radical (unpaired) electrons. The van der Waals surface area contributed by atoms with Crippen LogP contribution < -0.4 is 11.1 Å². The molecule has 7 nitrogen and oxygen atoms in total. The molecule has 2 aromatic rings. The van der Waals surface area contributed by atoms with Crippen molar-refractivity contribution in [2.45, 2.75) is 38.9 Å². The third kappa shape index (κ3) is 8.77. The Labute approximate surface area is 177 Å². The molecule has 0 bridgehead atoms. The van der Waals surface area contributed by atoms with E-state index in [2.05, 4.69) is 5.32 Å². The van der Waals surface area contributed by atoms with Gasteiger partial charge in [-0.25, -0.2) is 0 Å². The molecular weight excluding hydrogens is 382 g/mol. The molecule has 0 saturated carbocycles. The van der Waals surface area contributed by atoms with E-state index in [1.165, 1.54) is 0 Å². The summed E-state index contributed by atoms with van der Waals surface area (Å²) in [5.41, 5.74) is 6.93. The molecule has 4 N–H and O–H groups in total. The van der Waals surface area contributed by atoms with Gasteiger partial charge in [-0.2, -0.15) is 0 Å². The van der Waals surface area contributed by atoms with Crippen LogP contribution in [-0.2, 0) is 32.3 Å². The first kappa shape index (κ1) is 22.9. The Morgan fingerprint density at radius 1 is 0.800 bits per heavy atom. The molecule has 30 heavy (non-hydrogen) atoms. The van der Waals surface area contributed by atoms with Gasteiger partial charge >= 0.3 is 11.9 Å². The Kier molecular flexibility index (Phi) is 9.92. The standard InChI is InChI=1S/C23H28N3O4/c24-23(25)26-15-9-3-8-14-20(21(27)29-16-18-10-4-1-5-11-18)22(28)30-17-19-12-6-2-7-13-19/h1-2,4-7,10-13H,3,8-9,14-17H2,(H4,24,25,26). The summed E-state index contributed by atoms with van der Waals surface area (Å²) in [5.74, 6) is -1.37. The van der Waals surface area contributed by atoms with Gasteiger partial charge in [-0.15, -0.1) is 0 Å². The van der Waals surface area contributed by atoms with Crippen LogP contribution in [0.15, 0.2) is 60.7 Å². The molecule has 0 aliphatic heterocycles. The summed E-state index contributed by atoms with van der Waals surface area (Å²) in [6, 6.07) is 18.6. The van der Waals surface area contributed by atoms with E-state index >= 15 is 0 Å². The van der Waals surface area contributed by atoms with E-state index in [4.69, 9.17) is 20.6 Å². The molecule has 2 aromatic carbocycles. The van der Waals surface area contributed by atoms with Crippen molar-refractivity contribution in [1.82, 2.24) is 5.32 Å². The van der Waals surface area contributed by atoms with Crippen LogP contribution in [0.25, 0.3) is 0 Å². The predicted octanol–water partition coefficient (Wildman–Crippen LogP) is 3.09. The Hall–Kier alpha value is -3.35. The molecule has 2 rings (SSSR count). The highest BCUT2D eigenvalue weighted by Crippen LogP contribution is 2.18. The highest BCUT2D eigenvalue weighted by molar-refractivity contribution is 6.09. The van der Waals surface area contributed by atoms with Crippen LogP contribution in [0.2, 0.25) is 0 Å². The number of carbonyl (C=O) groups is 2. The second-order valence-electron chi connectivity index (χ2n) is 6.75. The zero-order valence-corrected chi connectivity index (χ0v) is 16.9. The van der Waals surface area contributed by atoms with Gasteiger partial charge in [0.15, 0.2) is 11.9 Å². The summed E-state index contributed by atoms with van der Waals surface area (Å²) in [6.45, 7) is 0.761. The topological polar surface area (TPSA) is 115 Å². The number of hydrogen-bond donors (Lipinski definition) is 3. The van der Waals surface area contributed by atoms with Gasteiger partial charge < -0.3 is 20.5 Å². The van der Waals surface area contributed by atoms with Crippen LogP contribution in [0.5, 0.6) is 0 Å². The van der Waals surface area contributed by atoms with Gasteiger partial charge in [0.2, 0.25) is 0 Å². The summed E-state index contributed by atoms with van der Waals surface area (Å²) in [6.07, 6.45) is 2.42. The summed E-state index contributed by atoms with van der Waals surface area (Å²) in [7, 11) is 0. The van der Waals surface area contributed by atoms with Gasteiger partial charge in [0.05, 0.1) is 0 Å². The summed E-state index contributed by atoms with van der Waals surface area (Å²) < 4.78 is 10.7. The quantitative estimate of drug-likeness (QED) is 0.163. The first-order valence-corrected chi connectivity index (χ1v) is 9.92. The maximum atomic E-state index is 12.6. The van der Waals surface area contributed by atoms with Crippen molar-refractivity contribution < 1.29 is 19.1 Å². The Bertz CT molecular complexity index is 741. The van der Waals surface area contributed by atoms with Crippen LogP contribution in [0.3, 0.4) is 0 Å². The van der Waals surface area contributed by atoms with E-state index in [0.29, 0.717) is 13.0 Å². The number of nitrogens with two attached hydrogens (primary N) is 1. The number of unbranched alkanes of at least 4 members (excludes halogenated alkanes) is 2. The molecule has 0 aromatic heterocycles. The molecule has 0 amide bonds. The molecule has 0 aliphatic rings. The number of hydrogen-bond acceptors (Lipinski definition) is 5. The molecule has 0 spiro atoms. The zero-order valence-electron chi connectivity index (χ0n) is 16.9. The largest absolute Gasteiger partial charge is 0.460 e. The second kappa shape index (κ2) is 13.0. The fraction of sp³-hybridized carbons (Fsp3) is 0.304. The third-order valence-electron chi connectivity index (χ3n) is 4.34. The number of nitrogens with one attached hydrogen (secondary N) is 2. The zero-order chi connectivity index (χ0) is 21.6. The number of guanidine groups is 1. The molecule has 0 unspecified atom stereocenters. The van der Waals surface area contributed by atoms with Crippen molar-refractivity contribution in [2.75, 3.05) is 6.54 Å². The van der Waals surface area contributed by atoms with Crippen molar-refractivity contribution in [1.29, 1.82) is 5.41 Å². The second-order valence-corrected chi connectivity index (χ2v) is 6.75. The van der Waals surface area contributed by atoms with Crippen molar-refractivity contribution in [3.63, 3.8) is 0 Å². The fourth-order valence-corrected chi connectivity index (χ4v) is 2.73. The van der Waals surface area contributed by atoms with Crippen molar-refractivity contribution in [3.8, 4) is 0 Å². The first-order valence-electron chi connectivity index (χ1n) is 9.92. The Morgan fingerprint density at radius 3 is 1.77 bits per heavy atom. The van der Waals surface area contributed by atoms with Crippen LogP contribution in [0.4, 0.5) is 0 Å². The van der Waals surface area contributed by atoms with E-state index in [1.807, 2.05) is 60.7 Å². The minimum Gasteiger partial charge on any atom is -0.460 e. The smallest absolute Gasteiger partial charge is 0.325 e. The minimum absolute atomic E-state index is 0.0152. The van der Waals surface area contributed by atoms with Crippen molar-refractivity contribution >= 4 is 17.9 Å². The average Bonchev–Trinajstić information content (AvgIpc) is 2.76. The van der Waals surface area contributed by atoms with Gasteiger partial charge in [-0.1, -0.05) is 73.5 Å². The average molecular weight is 410 g/mol.